The summed E-state index contributed by atoms with van der Waals surface area (Å²) in [5.74, 6) is 0.629. The van der Waals surface area contributed by atoms with Gasteiger partial charge in [0.2, 0.25) is 5.95 Å². The lowest BCUT2D eigenvalue weighted by Gasteiger charge is -2.06. The lowest BCUT2D eigenvalue weighted by molar-refractivity contribution is 0.677. The molecule has 1 aromatic carbocycles. The average Bonchev–Trinajstić information content (AvgIpc) is 3.14. The van der Waals surface area contributed by atoms with E-state index in [2.05, 4.69) is 25.1 Å². The molecule has 114 valence electrons. The third-order valence-corrected chi connectivity index (χ3v) is 3.36. The van der Waals surface area contributed by atoms with Gasteiger partial charge >= 0.3 is 0 Å². The number of rotatable bonds is 6. The van der Waals surface area contributed by atoms with Crippen molar-refractivity contribution in [3.8, 4) is 5.95 Å². The Morgan fingerprint density at radius 3 is 3.00 bits per heavy atom. The molecule has 3 aromatic rings. The second kappa shape index (κ2) is 7.29. The SMILES string of the molecule is [C-]#[N+]c1cccc(CNCCc2ccnc(-n3ccnc3)n2)c1. The Labute approximate surface area is 134 Å². The number of aromatic nitrogens is 4. The Morgan fingerprint density at radius 2 is 2.17 bits per heavy atom. The molecule has 0 spiro atoms. The van der Waals surface area contributed by atoms with Gasteiger partial charge in [0, 0.05) is 43.8 Å². The van der Waals surface area contributed by atoms with Crippen molar-refractivity contribution in [1.29, 1.82) is 0 Å². The summed E-state index contributed by atoms with van der Waals surface area (Å²) in [5, 5.41) is 3.37. The average molecular weight is 304 g/mol. The van der Waals surface area contributed by atoms with Gasteiger partial charge in [0.15, 0.2) is 5.69 Å². The van der Waals surface area contributed by atoms with E-state index in [0.717, 1.165) is 30.8 Å². The molecule has 23 heavy (non-hydrogen) atoms. The molecule has 0 radical (unpaired) electrons. The minimum Gasteiger partial charge on any atom is -0.312 e. The molecule has 0 unspecified atom stereocenters. The Morgan fingerprint density at radius 1 is 1.22 bits per heavy atom. The second-order valence-corrected chi connectivity index (χ2v) is 5.03. The van der Waals surface area contributed by atoms with Gasteiger partial charge in [-0.15, -0.1) is 0 Å². The number of benzene rings is 1. The first kappa shape index (κ1) is 14.9. The molecule has 2 heterocycles. The number of nitrogens with one attached hydrogen (secondary N) is 1. The zero-order valence-corrected chi connectivity index (χ0v) is 12.6. The van der Waals surface area contributed by atoms with E-state index in [1.54, 1.807) is 23.3 Å². The van der Waals surface area contributed by atoms with Gasteiger partial charge in [0.05, 0.1) is 6.57 Å². The van der Waals surface area contributed by atoms with Crippen molar-refractivity contribution in [2.45, 2.75) is 13.0 Å². The molecule has 0 bridgehead atoms. The highest BCUT2D eigenvalue weighted by Gasteiger charge is 2.01. The molecule has 2 aromatic heterocycles. The van der Waals surface area contributed by atoms with Crippen LogP contribution in [-0.4, -0.2) is 26.1 Å². The van der Waals surface area contributed by atoms with Gasteiger partial charge in [-0.1, -0.05) is 24.3 Å². The number of hydrogen-bond acceptors (Lipinski definition) is 4. The molecule has 0 amide bonds. The van der Waals surface area contributed by atoms with E-state index in [4.69, 9.17) is 6.57 Å². The molecular weight excluding hydrogens is 288 g/mol. The summed E-state index contributed by atoms with van der Waals surface area (Å²) in [7, 11) is 0. The van der Waals surface area contributed by atoms with Crippen LogP contribution in [0, 0.1) is 6.57 Å². The Balaban J connectivity index is 1.53. The highest BCUT2D eigenvalue weighted by Crippen LogP contribution is 2.13. The maximum atomic E-state index is 7.03. The first-order valence-electron chi connectivity index (χ1n) is 7.32. The van der Waals surface area contributed by atoms with Crippen molar-refractivity contribution in [1.82, 2.24) is 24.8 Å². The number of hydrogen-bond donors (Lipinski definition) is 1. The van der Waals surface area contributed by atoms with Crippen molar-refractivity contribution in [3.05, 3.63) is 77.9 Å². The van der Waals surface area contributed by atoms with Gasteiger partial charge < -0.3 is 5.32 Å². The van der Waals surface area contributed by atoms with Crippen LogP contribution in [0.15, 0.2) is 55.2 Å². The smallest absolute Gasteiger partial charge is 0.235 e. The molecule has 6 nitrogen and oxygen atoms in total. The predicted molar refractivity (Wildman–Crippen MR) is 87.3 cm³/mol. The molecule has 0 aliphatic rings. The molecule has 1 N–H and O–H groups in total. The molecule has 6 heteroatoms. The molecule has 0 aliphatic carbocycles. The molecule has 0 atom stereocenters. The molecule has 0 fully saturated rings. The first-order chi connectivity index (χ1) is 11.3. The van der Waals surface area contributed by atoms with E-state index in [0.29, 0.717) is 11.6 Å². The lowest BCUT2D eigenvalue weighted by atomic mass is 10.2. The summed E-state index contributed by atoms with van der Waals surface area (Å²) in [6.45, 7) is 8.58. The largest absolute Gasteiger partial charge is 0.312 e. The second-order valence-electron chi connectivity index (χ2n) is 5.03. The minimum atomic E-state index is 0.629. The third-order valence-electron chi connectivity index (χ3n) is 3.36. The summed E-state index contributed by atoms with van der Waals surface area (Å²) in [5.41, 5.74) is 2.76. The van der Waals surface area contributed by atoms with Crippen LogP contribution in [0.4, 0.5) is 5.69 Å². The highest BCUT2D eigenvalue weighted by molar-refractivity contribution is 5.46. The molecule has 3 rings (SSSR count). The van der Waals surface area contributed by atoms with E-state index in [9.17, 15) is 0 Å². The van der Waals surface area contributed by atoms with Crippen molar-refractivity contribution >= 4 is 5.69 Å². The highest BCUT2D eigenvalue weighted by atomic mass is 15.2. The number of imidazole rings is 1. The fourth-order valence-corrected chi connectivity index (χ4v) is 2.21. The quantitative estimate of drug-likeness (QED) is 0.561. The van der Waals surface area contributed by atoms with Crippen LogP contribution in [-0.2, 0) is 13.0 Å². The number of nitrogens with zero attached hydrogens (tertiary/aromatic N) is 5. The van der Waals surface area contributed by atoms with E-state index in [1.807, 2.05) is 36.5 Å². The Bertz CT molecular complexity index is 804. The van der Waals surface area contributed by atoms with E-state index in [1.165, 1.54) is 0 Å². The van der Waals surface area contributed by atoms with Crippen LogP contribution in [0.3, 0.4) is 0 Å². The van der Waals surface area contributed by atoms with Gasteiger partial charge in [-0.05, 0) is 11.6 Å². The fourth-order valence-electron chi connectivity index (χ4n) is 2.21. The summed E-state index contributed by atoms with van der Waals surface area (Å²) in [4.78, 5) is 16.2. The van der Waals surface area contributed by atoms with Gasteiger partial charge in [-0.3, -0.25) is 4.57 Å². The van der Waals surface area contributed by atoms with E-state index in [-0.39, 0.29) is 0 Å². The van der Waals surface area contributed by atoms with E-state index >= 15 is 0 Å². The molecular formula is C17H16N6. The first-order valence-corrected chi connectivity index (χ1v) is 7.32. The Kier molecular flexibility index (Phi) is 4.72. The Hall–Kier alpha value is -3.04. The van der Waals surface area contributed by atoms with Crippen LogP contribution in [0.2, 0.25) is 0 Å². The van der Waals surface area contributed by atoms with Crippen molar-refractivity contribution < 1.29 is 0 Å². The summed E-state index contributed by atoms with van der Waals surface area (Å²) >= 11 is 0. The van der Waals surface area contributed by atoms with Crippen LogP contribution in [0.1, 0.15) is 11.3 Å². The molecule has 0 saturated carbocycles. The normalized spacial score (nSPS) is 10.4. The van der Waals surface area contributed by atoms with Gasteiger partial charge in [0.1, 0.15) is 6.33 Å². The lowest BCUT2D eigenvalue weighted by Crippen LogP contribution is -2.17. The summed E-state index contributed by atoms with van der Waals surface area (Å²) in [6, 6.07) is 9.56. The standard InChI is InChI=1S/C17H16N6/c1-18-16-4-2-3-14(11-16)12-19-7-5-15-6-8-21-17(22-15)23-10-9-20-13-23/h2-4,6,8-11,13,19H,5,7,12H2. The predicted octanol–water partition coefficient (Wildman–Crippen LogP) is 2.55. The van der Waals surface area contributed by atoms with Crippen LogP contribution in [0.25, 0.3) is 10.8 Å². The van der Waals surface area contributed by atoms with Crippen LogP contribution < -0.4 is 5.32 Å². The minimum absolute atomic E-state index is 0.629. The topological polar surface area (TPSA) is 60.0 Å². The zero-order chi connectivity index (χ0) is 15.9. The van der Waals surface area contributed by atoms with Crippen LogP contribution >= 0.6 is 0 Å². The molecule has 0 saturated heterocycles. The van der Waals surface area contributed by atoms with Crippen molar-refractivity contribution in [3.63, 3.8) is 0 Å². The van der Waals surface area contributed by atoms with Gasteiger partial charge in [0.25, 0.3) is 0 Å². The summed E-state index contributed by atoms with van der Waals surface area (Å²) in [6.07, 6.45) is 7.78. The maximum absolute atomic E-state index is 7.03. The fraction of sp³-hybridized carbons (Fsp3) is 0.176. The summed E-state index contributed by atoms with van der Waals surface area (Å²) < 4.78 is 1.78. The zero-order valence-electron chi connectivity index (χ0n) is 12.6. The monoisotopic (exact) mass is 304 g/mol. The van der Waals surface area contributed by atoms with Crippen molar-refractivity contribution in [2.24, 2.45) is 0 Å². The van der Waals surface area contributed by atoms with E-state index < -0.39 is 0 Å². The molecule has 0 aliphatic heterocycles. The van der Waals surface area contributed by atoms with Gasteiger partial charge in [-0.2, -0.15) is 0 Å². The van der Waals surface area contributed by atoms with Crippen LogP contribution in [0.5, 0.6) is 0 Å². The third kappa shape index (κ3) is 3.99. The van der Waals surface area contributed by atoms with Gasteiger partial charge in [-0.25, -0.2) is 19.8 Å². The van der Waals surface area contributed by atoms with Crippen molar-refractivity contribution in [2.75, 3.05) is 6.54 Å². The maximum Gasteiger partial charge on any atom is 0.235 e.